The maximum Gasteiger partial charge on any atom is 0.274 e. The maximum atomic E-state index is 12.7. The van der Waals surface area contributed by atoms with Gasteiger partial charge in [0.15, 0.2) is 0 Å². The molecule has 0 saturated heterocycles. The number of anilines is 1. The number of hydrogen-bond acceptors (Lipinski definition) is 2. The molecule has 0 atom stereocenters. The second-order valence-electron chi connectivity index (χ2n) is 5.03. The number of carbonyl (C=O) groups is 1. The van der Waals surface area contributed by atoms with Crippen molar-refractivity contribution in [3.8, 4) is 0 Å². The van der Waals surface area contributed by atoms with Gasteiger partial charge in [-0.25, -0.2) is 4.98 Å². The molecule has 1 amide bonds. The fourth-order valence-electron chi connectivity index (χ4n) is 2.32. The lowest BCUT2D eigenvalue weighted by atomic mass is 10.2. The van der Waals surface area contributed by atoms with Crippen molar-refractivity contribution in [3.63, 3.8) is 0 Å². The van der Waals surface area contributed by atoms with Crippen LogP contribution in [0.4, 0.5) is 5.69 Å². The van der Waals surface area contributed by atoms with Crippen LogP contribution in [-0.4, -0.2) is 15.3 Å². The van der Waals surface area contributed by atoms with Crippen LogP contribution in [0.25, 0.3) is 5.65 Å². The molecule has 6 heteroatoms. The number of rotatable bonds is 2. The molecule has 0 fully saturated rings. The molecule has 4 nitrogen and oxygen atoms in total. The van der Waals surface area contributed by atoms with Crippen molar-refractivity contribution in [1.29, 1.82) is 0 Å². The zero-order valence-corrected chi connectivity index (χ0v) is 14.4. The van der Waals surface area contributed by atoms with Crippen LogP contribution in [0.15, 0.2) is 41.0 Å². The van der Waals surface area contributed by atoms with Crippen LogP contribution in [0.3, 0.4) is 0 Å². The molecule has 112 valence electrons. The highest BCUT2D eigenvalue weighted by Gasteiger charge is 2.17. The lowest BCUT2D eigenvalue weighted by Gasteiger charge is -2.09. The number of fused-ring (bicyclic) bond motifs is 1. The molecule has 1 N–H and O–H groups in total. The maximum absolute atomic E-state index is 12.7. The van der Waals surface area contributed by atoms with E-state index in [2.05, 4.69) is 26.2 Å². The third-order valence-corrected chi connectivity index (χ3v) is 4.12. The molecule has 1 aromatic carbocycles. The minimum absolute atomic E-state index is 0.214. The van der Waals surface area contributed by atoms with Gasteiger partial charge in [-0.1, -0.05) is 17.7 Å². The highest BCUT2D eigenvalue weighted by atomic mass is 79.9. The molecule has 0 radical (unpaired) electrons. The van der Waals surface area contributed by atoms with Crippen LogP contribution in [0.2, 0.25) is 5.02 Å². The van der Waals surface area contributed by atoms with Crippen LogP contribution >= 0.6 is 27.5 Å². The number of amides is 1. The highest BCUT2D eigenvalue weighted by Crippen LogP contribution is 2.22. The summed E-state index contributed by atoms with van der Waals surface area (Å²) in [6, 6.07) is 9.16. The Labute approximate surface area is 141 Å². The van der Waals surface area contributed by atoms with Crippen molar-refractivity contribution in [1.82, 2.24) is 9.38 Å². The molecule has 0 aliphatic carbocycles. The molecule has 3 aromatic rings. The van der Waals surface area contributed by atoms with E-state index in [0.29, 0.717) is 22.1 Å². The number of halogens is 2. The highest BCUT2D eigenvalue weighted by molar-refractivity contribution is 9.10. The number of imidazole rings is 1. The number of hydrogen-bond donors (Lipinski definition) is 1. The number of pyridine rings is 1. The van der Waals surface area contributed by atoms with E-state index < -0.39 is 0 Å². The average Bonchev–Trinajstić information content (AvgIpc) is 2.78. The standard InChI is InChI=1S/C16H13BrClN3O/c1-9-3-5-12(18)7-13(9)20-16(22)15-10(2)19-14-6-4-11(17)8-21(14)15/h3-8H,1-2H3,(H,20,22). The topological polar surface area (TPSA) is 46.4 Å². The Balaban J connectivity index is 2.04. The van der Waals surface area contributed by atoms with Crippen LogP contribution in [0.1, 0.15) is 21.7 Å². The van der Waals surface area contributed by atoms with Crippen LogP contribution < -0.4 is 5.32 Å². The summed E-state index contributed by atoms with van der Waals surface area (Å²) in [7, 11) is 0. The predicted molar refractivity (Wildman–Crippen MR) is 91.8 cm³/mol. The number of nitrogens with zero attached hydrogens (tertiary/aromatic N) is 2. The fourth-order valence-corrected chi connectivity index (χ4v) is 2.83. The normalized spacial score (nSPS) is 10.9. The van der Waals surface area contributed by atoms with Gasteiger partial charge >= 0.3 is 0 Å². The van der Waals surface area contributed by atoms with Gasteiger partial charge in [-0.05, 0) is 59.6 Å². The van der Waals surface area contributed by atoms with E-state index >= 15 is 0 Å². The molecule has 0 unspecified atom stereocenters. The monoisotopic (exact) mass is 377 g/mol. The molecule has 2 heterocycles. The first-order valence-electron chi connectivity index (χ1n) is 6.67. The van der Waals surface area contributed by atoms with Gasteiger partial charge in [-0.2, -0.15) is 0 Å². The molecular weight excluding hydrogens is 366 g/mol. The molecule has 2 aromatic heterocycles. The Morgan fingerprint density at radius 1 is 1.27 bits per heavy atom. The van der Waals surface area contributed by atoms with Gasteiger partial charge in [-0.15, -0.1) is 0 Å². The lowest BCUT2D eigenvalue weighted by molar-refractivity contribution is 0.102. The first-order valence-corrected chi connectivity index (χ1v) is 7.84. The second kappa shape index (κ2) is 5.74. The largest absolute Gasteiger partial charge is 0.320 e. The Bertz CT molecular complexity index is 888. The van der Waals surface area contributed by atoms with E-state index in [1.54, 1.807) is 16.5 Å². The van der Waals surface area contributed by atoms with Gasteiger partial charge in [-0.3, -0.25) is 9.20 Å². The van der Waals surface area contributed by atoms with Gasteiger partial charge in [0.25, 0.3) is 5.91 Å². The lowest BCUT2D eigenvalue weighted by Crippen LogP contribution is -2.16. The fraction of sp³-hybridized carbons (Fsp3) is 0.125. The van der Waals surface area contributed by atoms with Crippen LogP contribution in [-0.2, 0) is 0 Å². The summed E-state index contributed by atoms with van der Waals surface area (Å²) < 4.78 is 2.65. The van der Waals surface area contributed by atoms with Crippen LogP contribution in [0, 0.1) is 13.8 Å². The Kier molecular flexibility index (Phi) is 3.93. The van der Waals surface area contributed by atoms with Gasteiger partial charge in [0.2, 0.25) is 0 Å². The zero-order chi connectivity index (χ0) is 15.9. The summed E-state index contributed by atoms with van der Waals surface area (Å²) in [6.07, 6.45) is 1.83. The van der Waals surface area contributed by atoms with E-state index in [4.69, 9.17) is 11.6 Å². The summed E-state index contributed by atoms with van der Waals surface area (Å²) >= 11 is 9.41. The number of carbonyl (C=O) groups excluding carboxylic acids is 1. The summed E-state index contributed by atoms with van der Waals surface area (Å²) in [5.74, 6) is -0.214. The van der Waals surface area contributed by atoms with Crippen LogP contribution in [0.5, 0.6) is 0 Å². The Morgan fingerprint density at radius 3 is 2.82 bits per heavy atom. The van der Waals surface area contributed by atoms with E-state index in [9.17, 15) is 4.79 Å². The van der Waals surface area contributed by atoms with Crippen molar-refractivity contribution < 1.29 is 4.79 Å². The third-order valence-electron chi connectivity index (χ3n) is 3.42. The quantitative estimate of drug-likeness (QED) is 0.707. The summed E-state index contributed by atoms with van der Waals surface area (Å²) in [6.45, 7) is 3.74. The minimum atomic E-state index is -0.214. The van der Waals surface area contributed by atoms with Crippen molar-refractivity contribution in [3.05, 3.63) is 63.0 Å². The molecule has 0 bridgehead atoms. The molecule has 0 saturated carbocycles. The molecule has 0 aliphatic heterocycles. The minimum Gasteiger partial charge on any atom is -0.320 e. The first kappa shape index (κ1) is 15.1. The third kappa shape index (κ3) is 2.74. The van der Waals surface area contributed by atoms with Gasteiger partial charge in [0.05, 0.1) is 5.69 Å². The smallest absolute Gasteiger partial charge is 0.274 e. The van der Waals surface area contributed by atoms with Crippen molar-refractivity contribution in [2.24, 2.45) is 0 Å². The van der Waals surface area contributed by atoms with Gasteiger partial charge in [0.1, 0.15) is 11.3 Å². The van der Waals surface area contributed by atoms with Gasteiger partial charge in [0, 0.05) is 21.4 Å². The van der Waals surface area contributed by atoms with Crippen molar-refractivity contribution in [2.75, 3.05) is 5.32 Å². The molecule has 0 spiro atoms. The average molecular weight is 379 g/mol. The van der Waals surface area contributed by atoms with Crippen molar-refractivity contribution >= 4 is 44.8 Å². The van der Waals surface area contributed by atoms with E-state index in [0.717, 1.165) is 15.7 Å². The zero-order valence-electron chi connectivity index (χ0n) is 12.0. The second-order valence-corrected chi connectivity index (χ2v) is 6.39. The number of nitrogens with one attached hydrogen (secondary N) is 1. The number of benzene rings is 1. The Morgan fingerprint density at radius 2 is 2.05 bits per heavy atom. The Hall–Kier alpha value is -1.85. The molecular formula is C16H13BrClN3O. The van der Waals surface area contributed by atoms with E-state index in [-0.39, 0.29) is 5.91 Å². The summed E-state index contributed by atoms with van der Waals surface area (Å²) in [5.41, 5.74) is 3.56. The summed E-state index contributed by atoms with van der Waals surface area (Å²) in [4.78, 5) is 17.1. The summed E-state index contributed by atoms with van der Waals surface area (Å²) in [5, 5.41) is 3.49. The predicted octanol–water partition coefficient (Wildman–Crippen LogP) is 4.62. The molecule has 22 heavy (non-hydrogen) atoms. The van der Waals surface area contributed by atoms with E-state index in [1.165, 1.54) is 0 Å². The SMILES string of the molecule is Cc1ccc(Cl)cc1NC(=O)c1c(C)nc2ccc(Br)cn12. The van der Waals surface area contributed by atoms with E-state index in [1.807, 2.05) is 38.2 Å². The molecule has 3 rings (SSSR count). The van der Waals surface area contributed by atoms with Gasteiger partial charge < -0.3 is 5.32 Å². The number of aryl methyl sites for hydroxylation is 2. The first-order chi connectivity index (χ1) is 10.5. The van der Waals surface area contributed by atoms with Crippen molar-refractivity contribution in [2.45, 2.75) is 13.8 Å². The number of aromatic nitrogens is 2. The molecule has 0 aliphatic rings.